The van der Waals surface area contributed by atoms with Crippen LogP contribution in [0.4, 0.5) is 5.69 Å². The molecule has 8 nitrogen and oxygen atoms in total. The van der Waals surface area contributed by atoms with Gasteiger partial charge in [0.1, 0.15) is 11.4 Å². The molecule has 1 N–H and O–H groups in total. The number of hydrogen-bond acceptors (Lipinski definition) is 5. The minimum Gasteiger partial charge on any atom is -0.497 e. The van der Waals surface area contributed by atoms with Crippen LogP contribution >= 0.6 is 0 Å². The van der Waals surface area contributed by atoms with Crippen LogP contribution < -0.4 is 10.1 Å². The van der Waals surface area contributed by atoms with Crippen molar-refractivity contribution in [2.45, 2.75) is 19.8 Å². The van der Waals surface area contributed by atoms with Gasteiger partial charge in [-0.15, -0.1) is 0 Å². The Morgan fingerprint density at radius 3 is 2.62 bits per heavy atom. The third-order valence-corrected chi connectivity index (χ3v) is 4.43. The highest BCUT2D eigenvalue weighted by atomic mass is 16.6. The summed E-state index contributed by atoms with van der Waals surface area (Å²) in [7, 11) is 1.58. The first-order chi connectivity index (χ1) is 14.0. The number of nitro benzene ring substituents is 1. The number of non-ortho nitro benzene ring substituents is 1. The van der Waals surface area contributed by atoms with Crippen LogP contribution in [0.3, 0.4) is 0 Å². The Hall–Kier alpha value is -3.68. The van der Waals surface area contributed by atoms with Crippen LogP contribution in [0.5, 0.6) is 5.75 Å². The summed E-state index contributed by atoms with van der Waals surface area (Å²) in [6.45, 7) is 2.61. The van der Waals surface area contributed by atoms with Crippen molar-refractivity contribution in [3.8, 4) is 22.7 Å². The van der Waals surface area contributed by atoms with Gasteiger partial charge in [-0.05, 0) is 36.8 Å². The molecule has 150 valence electrons. The summed E-state index contributed by atoms with van der Waals surface area (Å²) in [6.07, 6.45) is 1.84. The van der Waals surface area contributed by atoms with Gasteiger partial charge in [0.05, 0.1) is 23.4 Å². The van der Waals surface area contributed by atoms with Crippen molar-refractivity contribution < 1.29 is 14.5 Å². The van der Waals surface area contributed by atoms with E-state index < -0.39 is 4.92 Å². The van der Waals surface area contributed by atoms with Crippen LogP contribution in [0.15, 0.2) is 54.6 Å². The van der Waals surface area contributed by atoms with Gasteiger partial charge < -0.3 is 10.1 Å². The molecule has 3 rings (SSSR count). The molecule has 0 atom stereocenters. The van der Waals surface area contributed by atoms with Crippen molar-refractivity contribution in [2.75, 3.05) is 13.7 Å². The van der Waals surface area contributed by atoms with E-state index in [4.69, 9.17) is 4.74 Å². The van der Waals surface area contributed by atoms with Crippen molar-refractivity contribution in [3.05, 3.63) is 70.4 Å². The van der Waals surface area contributed by atoms with E-state index in [1.54, 1.807) is 25.3 Å². The Morgan fingerprint density at radius 1 is 1.21 bits per heavy atom. The third-order valence-electron chi connectivity index (χ3n) is 4.43. The molecule has 0 unspecified atom stereocenters. The topological polar surface area (TPSA) is 99.3 Å². The summed E-state index contributed by atoms with van der Waals surface area (Å²) < 4.78 is 6.77. The van der Waals surface area contributed by atoms with Crippen molar-refractivity contribution >= 4 is 11.6 Å². The van der Waals surface area contributed by atoms with Crippen LogP contribution in [-0.4, -0.2) is 34.3 Å². The quantitative estimate of drug-likeness (QED) is 0.354. The zero-order valence-corrected chi connectivity index (χ0v) is 16.3. The summed E-state index contributed by atoms with van der Waals surface area (Å²) in [4.78, 5) is 23.2. The van der Waals surface area contributed by atoms with Crippen LogP contribution in [0.2, 0.25) is 0 Å². The predicted octanol–water partition coefficient (Wildman–Crippen LogP) is 3.99. The van der Waals surface area contributed by atoms with Crippen LogP contribution in [0, 0.1) is 10.1 Å². The number of aromatic nitrogens is 2. The molecule has 0 aliphatic rings. The number of nitrogens with one attached hydrogen (secondary N) is 1. The van der Waals surface area contributed by atoms with Crippen molar-refractivity contribution in [3.63, 3.8) is 0 Å². The van der Waals surface area contributed by atoms with E-state index in [9.17, 15) is 14.9 Å². The second-order valence-corrected chi connectivity index (χ2v) is 6.44. The predicted molar refractivity (Wildman–Crippen MR) is 109 cm³/mol. The Balaban J connectivity index is 2.03. The Bertz CT molecular complexity index is 1010. The Labute approximate surface area is 168 Å². The van der Waals surface area contributed by atoms with E-state index in [-0.39, 0.29) is 11.6 Å². The molecule has 1 heterocycles. The van der Waals surface area contributed by atoms with Gasteiger partial charge in [0.2, 0.25) is 0 Å². The molecule has 0 bridgehead atoms. The van der Waals surface area contributed by atoms with Crippen LogP contribution in [-0.2, 0) is 0 Å². The summed E-state index contributed by atoms with van der Waals surface area (Å²) in [6, 6.07) is 15.0. The van der Waals surface area contributed by atoms with Gasteiger partial charge in [0, 0.05) is 24.2 Å². The number of unbranched alkanes of at least 4 members (excludes halogenated alkanes) is 1. The lowest BCUT2D eigenvalue weighted by Gasteiger charge is -2.08. The molecule has 1 amide bonds. The zero-order chi connectivity index (χ0) is 20.8. The lowest BCUT2D eigenvalue weighted by Crippen LogP contribution is -2.26. The number of methoxy groups -OCH3 is 1. The first-order valence-corrected chi connectivity index (χ1v) is 9.31. The third kappa shape index (κ3) is 4.60. The highest BCUT2D eigenvalue weighted by Crippen LogP contribution is 2.26. The van der Waals surface area contributed by atoms with Gasteiger partial charge in [-0.3, -0.25) is 14.9 Å². The summed E-state index contributed by atoms with van der Waals surface area (Å²) >= 11 is 0. The number of hydrogen-bond donors (Lipinski definition) is 1. The highest BCUT2D eigenvalue weighted by molar-refractivity contribution is 5.94. The van der Waals surface area contributed by atoms with E-state index in [1.807, 2.05) is 31.2 Å². The van der Waals surface area contributed by atoms with Gasteiger partial charge in [0.15, 0.2) is 0 Å². The van der Waals surface area contributed by atoms with Crippen molar-refractivity contribution in [1.82, 2.24) is 15.1 Å². The molecule has 0 aliphatic heterocycles. The summed E-state index contributed by atoms with van der Waals surface area (Å²) in [5, 5.41) is 18.4. The molecule has 0 saturated heterocycles. The van der Waals surface area contributed by atoms with E-state index in [2.05, 4.69) is 10.4 Å². The second kappa shape index (κ2) is 9.01. The maximum Gasteiger partial charge on any atom is 0.270 e. The summed E-state index contributed by atoms with van der Waals surface area (Å²) in [5.41, 5.74) is 2.29. The number of nitro groups is 1. The first kappa shape index (κ1) is 20.1. The molecule has 0 fully saturated rings. The molecular weight excluding hydrogens is 372 g/mol. The lowest BCUT2D eigenvalue weighted by atomic mass is 10.1. The maximum absolute atomic E-state index is 12.8. The molecule has 1 aromatic heterocycles. The molecule has 29 heavy (non-hydrogen) atoms. The van der Waals surface area contributed by atoms with Gasteiger partial charge in [-0.25, -0.2) is 4.68 Å². The smallest absolute Gasteiger partial charge is 0.270 e. The Morgan fingerprint density at radius 2 is 1.97 bits per heavy atom. The van der Waals surface area contributed by atoms with Gasteiger partial charge in [-0.2, -0.15) is 5.10 Å². The number of benzene rings is 2. The van der Waals surface area contributed by atoms with Gasteiger partial charge in [0.25, 0.3) is 11.6 Å². The number of carbonyl (C=O) groups is 1. The molecule has 8 heteroatoms. The standard InChI is InChI=1S/C21H22N4O4/c1-3-4-12-22-21(26)20-14-19(15-6-5-7-18(13-15)29-2)23-24(20)16-8-10-17(11-9-16)25(27)28/h5-11,13-14H,3-4,12H2,1-2H3,(H,22,26). The average Bonchev–Trinajstić information content (AvgIpc) is 3.19. The summed E-state index contributed by atoms with van der Waals surface area (Å²) in [5.74, 6) is 0.430. The number of rotatable bonds is 8. The first-order valence-electron chi connectivity index (χ1n) is 9.31. The van der Waals surface area contributed by atoms with E-state index >= 15 is 0 Å². The van der Waals surface area contributed by atoms with Crippen LogP contribution in [0.1, 0.15) is 30.3 Å². The number of amides is 1. The largest absolute Gasteiger partial charge is 0.497 e. The molecule has 0 radical (unpaired) electrons. The van der Waals surface area contributed by atoms with Crippen molar-refractivity contribution in [1.29, 1.82) is 0 Å². The fraction of sp³-hybridized carbons (Fsp3) is 0.238. The molecule has 0 saturated carbocycles. The van der Waals surface area contributed by atoms with Gasteiger partial charge >= 0.3 is 0 Å². The minimum absolute atomic E-state index is 0.0251. The number of nitrogens with zero attached hydrogens (tertiary/aromatic N) is 3. The lowest BCUT2D eigenvalue weighted by molar-refractivity contribution is -0.384. The maximum atomic E-state index is 12.8. The second-order valence-electron chi connectivity index (χ2n) is 6.44. The van der Waals surface area contributed by atoms with E-state index in [0.717, 1.165) is 18.4 Å². The number of carbonyl (C=O) groups excluding carboxylic acids is 1. The monoisotopic (exact) mass is 394 g/mol. The fourth-order valence-electron chi connectivity index (χ4n) is 2.85. The molecule has 2 aromatic carbocycles. The van der Waals surface area contributed by atoms with E-state index in [1.165, 1.54) is 16.8 Å². The Kier molecular flexibility index (Phi) is 6.23. The fourth-order valence-corrected chi connectivity index (χ4v) is 2.85. The number of ether oxygens (including phenoxy) is 1. The molecule has 0 aliphatic carbocycles. The molecule has 0 spiro atoms. The molecular formula is C21H22N4O4. The minimum atomic E-state index is -0.465. The van der Waals surface area contributed by atoms with Gasteiger partial charge in [-0.1, -0.05) is 25.5 Å². The van der Waals surface area contributed by atoms with Crippen molar-refractivity contribution in [2.24, 2.45) is 0 Å². The highest BCUT2D eigenvalue weighted by Gasteiger charge is 2.18. The average molecular weight is 394 g/mol. The normalized spacial score (nSPS) is 10.6. The van der Waals surface area contributed by atoms with Crippen LogP contribution in [0.25, 0.3) is 16.9 Å². The van der Waals surface area contributed by atoms with E-state index in [0.29, 0.717) is 29.4 Å². The molecule has 3 aromatic rings. The SMILES string of the molecule is CCCCNC(=O)c1cc(-c2cccc(OC)c2)nn1-c1ccc([N+](=O)[O-])cc1. The zero-order valence-electron chi connectivity index (χ0n) is 16.3.